The summed E-state index contributed by atoms with van der Waals surface area (Å²) < 4.78 is 8.45. The highest BCUT2D eigenvalue weighted by molar-refractivity contribution is 5.85. The summed E-state index contributed by atoms with van der Waals surface area (Å²) in [6.45, 7) is 4.65. The lowest BCUT2D eigenvalue weighted by Gasteiger charge is -2.21. The molecule has 3 aromatic carbocycles. The summed E-state index contributed by atoms with van der Waals surface area (Å²) in [5.74, 6) is 0. The third-order valence-electron chi connectivity index (χ3n) is 5.69. The van der Waals surface area contributed by atoms with Crippen LogP contribution in [-0.4, -0.2) is 9.55 Å². The Labute approximate surface area is 195 Å². The maximum atomic E-state index is 9.72. The van der Waals surface area contributed by atoms with Gasteiger partial charge in [0, 0.05) is 12.6 Å². The van der Waals surface area contributed by atoms with E-state index in [-0.39, 0.29) is 18.5 Å². The van der Waals surface area contributed by atoms with Gasteiger partial charge in [0.1, 0.15) is 6.10 Å². The zero-order valence-electron chi connectivity index (χ0n) is 18.4. The summed E-state index contributed by atoms with van der Waals surface area (Å²) in [4.78, 5) is 4.30. The van der Waals surface area contributed by atoms with Crippen molar-refractivity contribution in [2.75, 3.05) is 0 Å². The van der Waals surface area contributed by atoms with Gasteiger partial charge in [-0.2, -0.15) is 5.26 Å². The van der Waals surface area contributed by atoms with Crippen molar-refractivity contribution in [2.45, 2.75) is 26.6 Å². The smallest absolute Gasteiger partial charge is 0.124 e. The van der Waals surface area contributed by atoms with E-state index in [1.807, 2.05) is 54.2 Å². The van der Waals surface area contributed by atoms with Crippen LogP contribution in [0.2, 0.25) is 0 Å². The number of benzene rings is 3. The van der Waals surface area contributed by atoms with Crippen molar-refractivity contribution in [3.8, 4) is 17.2 Å². The number of hydrogen-bond acceptors (Lipinski definition) is 3. The summed E-state index contributed by atoms with van der Waals surface area (Å²) in [5, 5.41) is 9.72. The van der Waals surface area contributed by atoms with Gasteiger partial charge in [0.15, 0.2) is 0 Å². The van der Waals surface area contributed by atoms with Crippen molar-refractivity contribution in [1.29, 1.82) is 5.26 Å². The van der Waals surface area contributed by atoms with Crippen LogP contribution < -0.4 is 0 Å². The number of aromatic nitrogens is 2. The predicted octanol–water partition coefficient (Wildman–Crippen LogP) is 6.30. The van der Waals surface area contributed by atoms with Gasteiger partial charge < -0.3 is 9.30 Å². The second kappa shape index (κ2) is 10.3. The Morgan fingerprint density at radius 2 is 1.69 bits per heavy atom. The highest BCUT2D eigenvalue weighted by Crippen LogP contribution is 2.33. The highest BCUT2D eigenvalue weighted by Gasteiger charge is 2.21. The third-order valence-corrected chi connectivity index (χ3v) is 5.69. The molecule has 0 aliphatic heterocycles. The summed E-state index contributed by atoms with van der Waals surface area (Å²) in [5.41, 5.74) is 8.08. The largest absolute Gasteiger partial charge is 0.363 e. The standard InChI is InChI=1S/C27H25N3O.ClH/c1-19-8-4-6-10-23(19)17-31-27(26-16-29-18-30(26)3)21-12-13-22(15-28)25(14-21)24-11-7-5-9-20(24)2;/h4-14,16,18,27H,17H2,1-3H3;1H. The number of halogens is 1. The molecule has 0 fully saturated rings. The molecule has 1 unspecified atom stereocenters. The zero-order chi connectivity index (χ0) is 21.8. The highest BCUT2D eigenvalue weighted by atomic mass is 35.5. The summed E-state index contributed by atoms with van der Waals surface area (Å²) in [6.07, 6.45) is 3.32. The molecule has 5 heteroatoms. The predicted molar refractivity (Wildman–Crippen MR) is 130 cm³/mol. The molecule has 32 heavy (non-hydrogen) atoms. The summed E-state index contributed by atoms with van der Waals surface area (Å²) >= 11 is 0. The van der Waals surface area contributed by atoms with Crippen LogP contribution in [0.15, 0.2) is 79.3 Å². The maximum Gasteiger partial charge on any atom is 0.124 e. The van der Waals surface area contributed by atoms with Crippen LogP contribution in [0.4, 0.5) is 0 Å². The SMILES string of the molecule is Cc1ccccc1COC(c1ccc(C#N)c(-c2ccccc2C)c1)c1cncn1C.Cl. The molecule has 162 valence electrons. The Bertz CT molecular complexity index is 1260. The van der Waals surface area contributed by atoms with E-state index in [1.54, 1.807) is 6.33 Å². The lowest BCUT2D eigenvalue weighted by Crippen LogP contribution is -2.11. The molecule has 0 N–H and O–H groups in total. The second-order valence-corrected chi connectivity index (χ2v) is 7.78. The first kappa shape index (κ1) is 23.3. The Morgan fingerprint density at radius 1 is 0.969 bits per heavy atom. The van der Waals surface area contributed by atoms with Gasteiger partial charge in [-0.3, -0.25) is 0 Å². The molecule has 0 saturated carbocycles. The van der Waals surface area contributed by atoms with Gasteiger partial charge in [-0.1, -0.05) is 54.6 Å². The quantitative estimate of drug-likeness (QED) is 0.351. The minimum atomic E-state index is -0.303. The van der Waals surface area contributed by atoms with Crippen molar-refractivity contribution in [2.24, 2.45) is 7.05 Å². The van der Waals surface area contributed by atoms with E-state index in [2.05, 4.69) is 55.2 Å². The zero-order valence-corrected chi connectivity index (χ0v) is 19.3. The lowest BCUT2D eigenvalue weighted by atomic mass is 9.93. The number of nitriles is 1. The molecule has 1 aromatic heterocycles. The van der Waals surface area contributed by atoms with Crippen molar-refractivity contribution in [1.82, 2.24) is 9.55 Å². The fourth-order valence-corrected chi connectivity index (χ4v) is 3.84. The van der Waals surface area contributed by atoms with Crippen LogP contribution in [0.25, 0.3) is 11.1 Å². The van der Waals surface area contributed by atoms with E-state index < -0.39 is 0 Å². The first-order chi connectivity index (χ1) is 15.1. The van der Waals surface area contributed by atoms with Gasteiger partial charge in [0.25, 0.3) is 0 Å². The lowest BCUT2D eigenvalue weighted by molar-refractivity contribution is 0.0619. The molecule has 1 atom stereocenters. The Kier molecular flexibility index (Phi) is 7.48. The van der Waals surface area contributed by atoms with Crippen molar-refractivity contribution in [3.05, 3.63) is 113 Å². The molecule has 4 nitrogen and oxygen atoms in total. The molecule has 0 saturated heterocycles. The van der Waals surface area contributed by atoms with Crippen molar-refractivity contribution in [3.63, 3.8) is 0 Å². The third kappa shape index (κ3) is 4.75. The van der Waals surface area contributed by atoms with E-state index in [9.17, 15) is 5.26 Å². The number of rotatable bonds is 6. The van der Waals surface area contributed by atoms with E-state index in [0.29, 0.717) is 12.2 Å². The van der Waals surface area contributed by atoms with Crippen LogP contribution in [0.1, 0.15) is 39.6 Å². The minimum Gasteiger partial charge on any atom is -0.363 e. The molecule has 0 radical (unpaired) electrons. The van der Waals surface area contributed by atoms with Crippen LogP contribution >= 0.6 is 12.4 Å². The van der Waals surface area contributed by atoms with Crippen molar-refractivity contribution >= 4 is 12.4 Å². The fourth-order valence-electron chi connectivity index (χ4n) is 3.84. The normalized spacial score (nSPS) is 11.4. The van der Waals surface area contributed by atoms with Crippen LogP contribution in [0.5, 0.6) is 0 Å². The topological polar surface area (TPSA) is 50.8 Å². The number of aryl methyl sites for hydroxylation is 3. The molecular weight excluding hydrogens is 418 g/mol. The molecule has 0 aliphatic carbocycles. The Balaban J connectivity index is 0.00000289. The minimum absolute atomic E-state index is 0. The number of imidazole rings is 1. The summed E-state index contributed by atoms with van der Waals surface area (Å²) in [7, 11) is 1.97. The van der Waals surface area contributed by atoms with E-state index in [4.69, 9.17) is 4.74 Å². The number of hydrogen-bond donors (Lipinski definition) is 0. The second-order valence-electron chi connectivity index (χ2n) is 7.78. The number of nitrogens with zero attached hydrogens (tertiary/aromatic N) is 3. The first-order valence-electron chi connectivity index (χ1n) is 10.3. The Morgan fingerprint density at radius 3 is 2.34 bits per heavy atom. The van der Waals surface area contributed by atoms with Crippen LogP contribution in [0, 0.1) is 25.2 Å². The first-order valence-corrected chi connectivity index (χ1v) is 10.3. The molecule has 0 amide bonds. The molecule has 1 heterocycles. The van der Waals surface area contributed by atoms with Gasteiger partial charge in [-0.25, -0.2) is 4.98 Å². The van der Waals surface area contributed by atoms with Gasteiger partial charge in [0.2, 0.25) is 0 Å². The molecule has 0 spiro atoms. The van der Waals surface area contributed by atoms with Crippen LogP contribution in [-0.2, 0) is 18.4 Å². The molecule has 4 aromatic rings. The van der Waals surface area contributed by atoms with Gasteiger partial charge in [0.05, 0.1) is 36.5 Å². The van der Waals surface area contributed by atoms with E-state index in [1.165, 1.54) is 5.56 Å². The number of ether oxygens (including phenoxy) is 1. The molecular formula is C27H26ClN3O. The van der Waals surface area contributed by atoms with Gasteiger partial charge >= 0.3 is 0 Å². The van der Waals surface area contributed by atoms with Gasteiger partial charge in [-0.05, 0) is 53.8 Å². The molecule has 4 rings (SSSR count). The Hall–Kier alpha value is -3.39. The average molecular weight is 444 g/mol. The summed E-state index contributed by atoms with van der Waals surface area (Å²) in [6, 6.07) is 24.7. The van der Waals surface area contributed by atoms with E-state index in [0.717, 1.165) is 33.5 Å². The van der Waals surface area contributed by atoms with Crippen molar-refractivity contribution < 1.29 is 4.74 Å². The van der Waals surface area contributed by atoms with Gasteiger partial charge in [-0.15, -0.1) is 12.4 Å². The fraction of sp³-hybridized carbons (Fsp3) is 0.185. The monoisotopic (exact) mass is 443 g/mol. The van der Waals surface area contributed by atoms with E-state index >= 15 is 0 Å². The maximum absolute atomic E-state index is 9.72. The van der Waals surface area contributed by atoms with Crippen LogP contribution in [0.3, 0.4) is 0 Å². The molecule has 0 aliphatic rings. The molecule has 0 bridgehead atoms. The average Bonchev–Trinajstić information content (AvgIpc) is 3.21.